The molecule has 96 valence electrons. The van der Waals surface area contributed by atoms with Crippen LogP contribution in [0.4, 0.5) is 0 Å². The van der Waals surface area contributed by atoms with Crippen molar-refractivity contribution in [2.45, 2.75) is 6.92 Å². The molecular formula is C14H15BrO3. The van der Waals surface area contributed by atoms with E-state index < -0.39 is 0 Å². The molecule has 2 rings (SSSR count). The molecule has 0 atom stereocenters. The molecule has 0 heterocycles. The van der Waals surface area contributed by atoms with Crippen molar-refractivity contribution in [3.8, 4) is 17.2 Å². The molecule has 0 spiro atoms. The lowest BCUT2D eigenvalue weighted by molar-refractivity contribution is 0.399. The maximum atomic E-state index is 5.45. The molecule has 0 radical (unpaired) electrons. The highest BCUT2D eigenvalue weighted by Gasteiger charge is 2.16. The third kappa shape index (κ3) is 2.01. The van der Waals surface area contributed by atoms with Gasteiger partial charge < -0.3 is 14.2 Å². The van der Waals surface area contributed by atoms with Crippen LogP contribution >= 0.6 is 15.9 Å². The van der Waals surface area contributed by atoms with Gasteiger partial charge >= 0.3 is 0 Å². The maximum absolute atomic E-state index is 5.45. The standard InChI is InChI=1S/C14H15BrO3/c1-8-5-9-13(11(6-8)16-2)12(17-3)7-10(15)14(9)18-4/h5-7H,1-4H3. The summed E-state index contributed by atoms with van der Waals surface area (Å²) < 4.78 is 17.2. The van der Waals surface area contributed by atoms with Gasteiger partial charge in [-0.1, -0.05) is 0 Å². The second-order valence-corrected chi connectivity index (χ2v) is 4.84. The van der Waals surface area contributed by atoms with Crippen molar-refractivity contribution < 1.29 is 14.2 Å². The van der Waals surface area contributed by atoms with Crippen LogP contribution in [-0.4, -0.2) is 21.3 Å². The lowest BCUT2D eigenvalue weighted by atomic mass is 10.0. The Balaban J connectivity index is 2.96. The molecule has 0 N–H and O–H groups in total. The van der Waals surface area contributed by atoms with Crippen LogP contribution in [-0.2, 0) is 0 Å². The molecule has 2 aromatic carbocycles. The molecule has 0 fully saturated rings. The van der Waals surface area contributed by atoms with E-state index in [9.17, 15) is 0 Å². The topological polar surface area (TPSA) is 27.7 Å². The number of fused-ring (bicyclic) bond motifs is 1. The zero-order chi connectivity index (χ0) is 13.3. The third-order valence-electron chi connectivity index (χ3n) is 2.86. The molecule has 18 heavy (non-hydrogen) atoms. The molecule has 0 amide bonds. The number of hydrogen-bond acceptors (Lipinski definition) is 3. The lowest BCUT2D eigenvalue weighted by Crippen LogP contribution is -1.94. The van der Waals surface area contributed by atoms with E-state index in [4.69, 9.17) is 14.2 Å². The van der Waals surface area contributed by atoms with Crippen LogP contribution in [0.3, 0.4) is 0 Å². The molecule has 3 nitrogen and oxygen atoms in total. The predicted octanol–water partition coefficient (Wildman–Crippen LogP) is 3.94. The van der Waals surface area contributed by atoms with Gasteiger partial charge in [0.05, 0.1) is 31.2 Å². The molecule has 0 aromatic heterocycles. The Bertz CT molecular complexity index is 583. The summed E-state index contributed by atoms with van der Waals surface area (Å²) in [5.74, 6) is 2.33. The summed E-state index contributed by atoms with van der Waals surface area (Å²) in [6.45, 7) is 2.02. The van der Waals surface area contributed by atoms with Crippen LogP contribution in [0.2, 0.25) is 0 Å². The van der Waals surface area contributed by atoms with E-state index in [2.05, 4.69) is 22.0 Å². The van der Waals surface area contributed by atoms with Gasteiger partial charge in [0.1, 0.15) is 17.2 Å². The molecular weight excluding hydrogens is 296 g/mol. The zero-order valence-electron chi connectivity index (χ0n) is 10.8. The monoisotopic (exact) mass is 310 g/mol. The van der Waals surface area contributed by atoms with E-state index in [1.807, 2.05) is 19.1 Å². The summed E-state index contributed by atoms with van der Waals surface area (Å²) in [6.07, 6.45) is 0. The summed E-state index contributed by atoms with van der Waals surface area (Å²) in [5.41, 5.74) is 1.11. The molecule has 2 aromatic rings. The Morgan fingerprint density at radius 2 is 1.50 bits per heavy atom. The van der Waals surface area contributed by atoms with Crippen molar-refractivity contribution in [1.29, 1.82) is 0 Å². The van der Waals surface area contributed by atoms with Crippen molar-refractivity contribution >= 4 is 26.7 Å². The molecule has 0 aliphatic rings. The van der Waals surface area contributed by atoms with Crippen molar-refractivity contribution in [3.63, 3.8) is 0 Å². The normalized spacial score (nSPS) is 10.5. The minimum atomic E-state index is 0.759. The first kappa shape index (κ1) is 13.0. The first-order chi connectivity index (χ1) is 8.62. The van der Waals surface area contributed by atoms with Crippen LogP contribution in [0.15, 0.2) is 22.7 Å². The number of hydrogen-bond donors (Lipinski definition) is 0. The minimum Gasteiger partial charge on any atom is -0.496 e. The largest absolute Gasteiger partial charge is 0.496 e. The highest BCUT2D eigenvalue weighted by atomic mass is 79.9. The van der Waals surface area contributed by atoms with Gasteiger partial charge in [0.2, 0.25) is 0 Å². The second kappa shape index (κ2) is 5.06. The quantitative estimate of drug-likeness (QED) is 0.859. The van der Waals surface area contributed by atoms with Crippen LogP contribution in [0.1, 0.15) is 5.56 Å². The fourth-order valence-corrected chi connectivity index (χ4v) is 2.68. The smallest absolute Gasteiger partial charge is 0.141 e. The van der Waals surface area contributed by atoms with Crippen LogP contribution in [0.5, 0.6) is 17.2 Å². The number of benzene rings is 2. The van der Waals surface area contributed by atoms with E-state index in [1.165, 1.54) is 0 Å². The lowest BCUT2D eigenvalue weighted by Gasteiger charge is -2.15. The number of rotatable bonds is 3. The first-order valence-electron chi connectivity index (χ1n) is 5.51. The van der Waals surface area contributed by atoms with Crippen LogP contribution in [0, 0.1) is 6.92 Å². The molecule has 0 bridgehead atoms. The Hall–Kier alpha value is -1.42. The number of methoxy groups -OCH3 is 3. The molecule has 0 saturated carbocycles. The number of ether oxygens (including phenoxy) is 3. The summed E-state index contributed by atoms with van der Waals surface area (Å²) in [6, 6.07) is 5.93. The molecule has 0 aliphatic carbocycles. The number of halogens is 1. The highest BCUT2D eigenvalue weighted by Crippen LogP contribution is 2.44. The highest BCUT2D eigenvalue weighted by molar-refractivity contribution is 9.10. The summed E-state index contributed by atoms with van der Waals surface area (Å²) in [7, 11) is 4.95. The van der Waals surface area contributed by atoms with Gasteiger partial charge in [0.25, 0.3) is 0 Å². The fourth-order valence-electron chi connectivity index (χ4n) is 2.10. The Morgan fingerprint density at radius 1 is 0.889 bits per heavy atom. The van der Waals surface area contributed by atoms with Gasteiger partial charge in [-0.25, -0.2) is 0 Å². The van der Waals surface area contributed by atoms with Crippen molar-refractivity contribution in [2.24, 2.45) is 0 Å². The Morgan fingerprint density at radius 3 is 2.06 bits per heavy atom. The Labute approximate surface area is 115 Å². The first-order valence-corrected chi connectivity index (χ1v) is 6.30. The molecule has 0 unspecified atom stereocenters. The molecule has 0 aliphatic heterocycles. The van der Waals surface area contributed by atoms with Crippen LogP contribution < -0.4 is 14.2 Å². The van der Waals surface area contributed by atoms with E-state index in [0.29, 0.717) is 0 Å². The van der Waals surface area contributed by atoms with E-state index >= 15 is 0 Å². The van der Waals surface area contributed by atoms with Gasteiger partial charge in [0.15, 0.2) is 0 Å². The predicted molar refractivity (Wildman–Crippen MR) is 76.0 cm³/mol. The summed E-state index contributed by atoms with van der Waals surface area (Å²) in [5, 5.41) is 1.89. The second-order valence-electron chi connectivity index (χ2n) is 3.98. The van der Waals surface area contributed by atoms with Crippen LogP contribution in [0.25, 0.3) is 10.8 Å². The summed E-state index contributed by atoms with van der Waals surface area (Å²) in [4.78, 5) is 0. The fraction of sp³-hybridized carbons (Fsp3) is 0.286. The average Bonchev–Trinajstić information content (AvgIpc) is 2.36. The van der Waals surface area contributed by atoms with Gasteiger partial charge in [-0.15, -0.1) is 0 Å². The summed E-state index contributed by atoms with van der Waals surface area (Å²) >= 11 is 3.49. The van der Waals surface area contributed by atoms with Crippen molar-refractivity contribution in [3.05, 3.63) is 28.2 Å². The van der Waals surface area contributed by atoms with Gasteiger partial charge in [0, 0.05) is 5.39 Å². The van der Waals surface area contributed by atoms with E-state index in [0.717, 1.165) is 38.1 Å². The minimum absolute atomic E-state index is 0.759. The van der Waals surface area contributed by atoms with Crippen molar-refractivity contribution in [1.82, 2.24) is 0 Å². The van der Waals surface area contributed by atoms with Crippen molar-refractivity contribution in [2.75, 3.05) is 21.3 Å². The Kier molecular flexibility index (Phi) is 3.66. The average molecular weight is 311 g/mol. The van der Waals surface area contributed by atoms with Gasteiger partial charge in [-0.05, 0) is 46.6 Å². The van der Waals surface area contributed by atoms with E-state index in [1.54, 1.807) is 21.3 Å². The maximum Gasteiger partial charge on any atom is 0.141 e. The SMILES string of the molecule is COc1c(Br)cc(OC)c2c(OC)cc(C)cc12. The molecule has 4 heteroatoms. The number of aryl methyl sites for hydroxylation is 1. The molecule has 0 saturated heterocycles. The zero-order valence-corrected chi connectivity index (χ0v) is 12.4. The third-order valence-corrected chi connectivity index (χ3v) is 3.45. The van der Waals surface area contributed by atoms with Gasteiger partial charge in [-0.3, -0.25) is 0 Å². The van der Waals surface area contributed by atoms with Gasteiger partial charge in [-0.2, -0.15) is 0 Å². The van der Waals surface area contributed by atoms with E-state index in [-0.39, 0.29) is 0 Å².